The van der Waals surface area contributed by atoms with Gasteiger partial charge in [0.25, 0.3) is 0 Å². The molecule has 2 aromatic carbocycles. The molecule has 0 N–H and O–H groups in total. The Bertz CT molecular complexity index is 1090. The van der Waals surface area contributed by atoms with E-state index in [1.165, 1.54) is 0 Å². The Morgan fingerprint density at radius 3 is 2.39 bits per heavy atom. The molecule has 0 radical (unpaired) electrons. The second-order valence-corrected chi connectivity index (χ2v) is 6.77. The Balaban J connectivity index is 1.80. The molecule has 0 aliphatic heterocycles. The van der Waals surface area contributed by atoms with Crippen LogP contribution in [0, 0.1) is 0 Å². The molecule has 140 valence electrons. The first-order valence-electron chi connectivity index (χ1n) is 9.39. The van der Waals surface area contributed by atoms with E-state index in [9.17, 15) is 4.79 Å². The Labute approximate surface area is 164 Å². The molecular formula is C23H22N4O. The number of hydrogen-bond donors (Lipinski definition) is 0. The van der Waals surface area contributed by atoms with Crippen molar-refractivity contribution in [3.63, 3.8) is 0 Å². The number of benzene rings is 2. The van der Waals surface area contributed by atoms with Crippen LogP contribution < -0.4 is 0 Å². The smallest absolute Gasteiger partial charge is 0.159 e. The van der Waals surface area contributed by atoms with Crippen LogP contribution in [0.3, 0.4) is 0 Å². The van der Waals surface area contributed by atoms with Crippen molar-refractivity contribution in [2.45, 2.75) is 26.9 Å². The third kappa shape index (κ3) is 3.51. The minimum atomic E-state index is 0.0651. The summed E-state index contributed by atoms with van der Waals surface area (Å²) >= 11 is 0. The second kappa shape index (κ2) is 7.64. The monoisotopic (exact) mass is 370 g/mol. The Hall–Kier alpha value is -3.47. The average Bonchev–Trinajstić information content (AvgIpc) is 3.36. The molecule has 28 heavy (non-hydrogen) atoms. The number of aromatic nitrogens is 4. The zero-order valence-electron chi connectivity index (χ0n) is 16.0. The van der Waals surface area contributed by atoms with Crippen LogP contribution in [0.1, 0.15) is 29.8 Å². The van der Waals surface area contributed by atoms with E-state index in [2.05, 4.69) is 34.9 Å². The highest BCUT2D eigenvalue weighted by molar-refractivity contribution is 5.94. The predicted octanol–water partition coefficient (Wildman–Crippen LogP) is 4.68. The van der Waals surface area contributed by atoms with Crippen LogP contribution >= 0.6 is 0 Å². The summed E-state index contributed by atoms with van der Waals surface area (Å²) in [6, 6.07) is 17.9. The van der Waals surface area contributed by atoms with Crippen molar-refractivity contribution >= 4 is 5.78 Å². The van der Waals surface area contributed by atoms with Gasteiger partial charge in [-0.3, -0.25) is 9.48 Å². The third-order valence-corrected chi connectivity index (χ3v) is 4.81. The lowest BCUT2D eigenvalue weighted by atomic mass is 10.0. The number of carbonyl (C=O) groups is 1. The van der Waals surface area contributed by atoms with Gasteiger partial charge in [-0.2, -0.15) is 5.10 Å². The first-order chi connectivity index (χ1) is 13.7. The summed E-state index contributed by atoms with van der Waals surface area (Å²) in [6.07, 6.45) is 5.83. The highest BCUT2D eigenvalue weighted by Crippen LogP contribution is 2.32. The Morgan fingerprint density at radius 1 is 1.00 bits per heavy atom. The van der Waals surface area contributed by atoms with Gasteiger partial charge in [0.15, 0.2) is 5.78 Å². The summed E-state index contributed by atoms with van der Waals surface area (Å²) < 4.78 is 4.06. The molecule has 0 saturated heterocycles. The van der Waals surface area contributed by atoms with E-state index in [1.807, 2.05) is 59.7 Å². The Morgan fingerprint density at radius 2 is 1.75 bits per heavy atom. The summed E-state index contributed by atoms with van der Waals surface area (Å²) in [7, 11) is 0. The van der Waals surface area contributed by atoms with Crippen LogP contribution in [0.5, 0.6) is 0 Å². The summed E-state index contributed by atoms with van der Waals surface area (Å²) in [4.78, 5) is 16.4. The van der Waals surface area contributed by atoms with Gasteiger partial charge in [0.05, 0.1) is 30.5 Å². The summed E-state index contributed by atoms with van der Waals surface area (Å²) in [5.41, 5.74) is 5.89. The van der Waals surface area contributed by atoms with Crippen molar-refractivity contribution in [3.8, 4) is 22.5 Å². The van der Waals surface area contributed by atoms with Crippen molar-refractivity contribution in [2.75, 3.05) is 0 Å². The molecule has 0 unspecified atom stereocenters. The molecule has 0 spiro atoms. The lowest BCUT2D eigenvalue weighted by Crippen LogP contribution is -2.01. The molecule has 0 aliphatic carbocycles. The topological polar surface area (TPSA) is 52.7 Å². The lowest BCUT2D eigenvalue weighted by Gasteiger charge is -2.10. The van der Waals surface area contributed by atoms with Gasteiger partial charge in [0.1, 0.15) is 0 Å². The van der Waals surface area contributed by atoms with Crippen LogP contribution in [0.2, 0.25) is 0 Å². The molecule has 4 aromatic rings. The van der Waals surface area contributed by atoms with Crippen molar-refractivity contribution in [3.05, 3.63) is 84.4 Å². The van der Waals surface area contributed by atoms with Crippen LogP contribution in [0.25, 0.3) is 22.5 Å². The van der Waals surface area contributed by atoms with Gasteiger partial charge in [-0.25, -0.2) is 4.98 Å². The van der Waals surface area contributed by atoms with Gasteiger partial charge in [-0.05, 0) is 13.8 Å². The van der Waals surface area contributed by atoms with E-state index in [-0.39, 0.29) is 5.78 Å². The fourth-order valence-corrected chi connectivity index (χ4v) is 3.33. The predicted molar refractivity (Wildman–Crippen MR) is 110 cm³/mol. The van der Waals surface area contributed by atoms with Gasteiger partial charge in [0.2, 0.25) is 0 Å². The Kier molecular flexibility index (Phi) is 4.89. The van der Waals surface area contributed by atoms with E-state index < -0.39 is 0 Å². The van der Waals surface area contributed by atoms with E-state index in [4.69, 9.17) is 4.98 Å². The van der Waals surface area contributed by atoms with Gasteiger partial charge in [0, 0.05) is 35.0 Å². The number of nitrogens with zero attached hydrogens (tertiary/aromatic N) is 4. The molecule has 2 aromatic heterocycles. The third-order valence-electron chi connectivity index (χ3n) is 4.81. The SMILES string of the molecule is CCn1cc(Cn2cnc(-c3ccccc3)c2-c2ccc(C(C)=O)cc2)cn1. The van der Waals surface area contributed by atoms with Crippen molar-refractivity contribution in [2.24, 2.45) is 0 Å². The number of Topliss-reactive ketones (excluding diaryl/α,β-unsaturated/α-hetero) is 1. The summed E-state index contributed by atoms with van der Waals surface area (Å²) in [5.74, 6) is 0.0651. The van der Waals surface area contributed by atoms with E-state index in [0.717, 1.165) is 34.6 Å². The van der Waals surface area contributed by atoms with Crippen molar-refractivity contribution < 1.29 is 4.79 Å². The molecule has 0 amide bonds. The molecule has 0 aliphatic rings. The molecule has 0 saturated carbocycles. The molecule has 2 heterocycles. The van der Waals surface area contributed by atoms with Crippen molar-refractivity contribution in [1.82, 2.24) is 19.3 Å². The zero-order valence-corrected chi connectivity index (χ0v) is 16.0. The average molecular weight is 370 g/mol. The van der Waals surface area contributed by atoms with E-state index in [0.29, 0.717) is 12.1 Å². The highest BCUT2D eigenvalue weighted by Gasteiger charge is 2.16. The minimum Gasteiger partial charge on any atom is -0.325 e. The van der Waals surface area contributed by atoms with Gasteiger partial charge >= 0.3 is 0 Å². The number of hydrogen-bond acceptors (Lipinski definition) is 3. The van der Waals surface area contributed by atoms with Crippen LogP contribution in [0.4, 0.5) is 0 Å². The number of imidazole rings is 1. The van der Waals surface area contributed by atoms with Crippen LogP contribution in [-0.2, 0) is 13.1 Å². The first-order valence-corrected chi connectivity index (χ1v) is 9.39. The molecule has 0 fully saturated rings. The first kappa shape index (κ1) is 17.9. The zero-order chi connectivity index (χ0) is 19.5. The van der Waals surface area contributed by atoms with Gasteiger partial charge in [-0.1, -0.05) is 54.6 Å². The normalized spacial score (nSPS) is 10.9. The van der Waals surface area contributed by atoms with Crippen LogP contribution in [0.15, 0.2) is 73.3 Å². The second-order valence-electron chi connectivity index (χ2n) is 6.77. The molecule has 4 rings (SSSR count). The van der Waals surface area contributed by atoms with E-state index in [1.54, 1.807) is 6.92 Å². The maximum absolute atomic E-state index is 11.6. The molecule has 0 bridgehead atoms. The summed E-state index contributed by atoms with van der Waals surface area (Å²) in [6.45, 7) is 5.19. The quantitative estimate of drug-likeness (QED) is 0.463. The largest absolute Gasteiger partial charge is 0.325 e. The fraction of sp³-hybridized carbons (Fsp3) is 0.174. The maximum Gasteiger partial charge on any atom is 0.159 e. The van der Waals surface area contributed by atoms with Gasteiger partial charge in [-0.15, -0.1) is 0 Å². The minimum absolute atomic E-state index is 0.0651. The molecule has 5 heteroatoms. The molecular weight excluding hydrogens is 348 g/mol. The highest BCUT2D eigenvalue weighted by atomic mass is 16.1. The number of carbonyl (C=O) groups excluding carboxylic acids is 1. The number of aryl methyl sites for hydroxylation is 1. The standard InChI is InChI=1S/C23H22N4O/c1-3-27-15-18(13-25-27)14-26-16-24-22(20-7-5-4-6-8-20)23(26)21-11-9-19(10-12-21)17(2)28/h4-13,15-16H,3,14H2,1-2H3. The molecule has 0 atom stereocenters. The molecule has 5 nitrogen and oxygen atoms in total. The summed E-state index contributed by atoms with van der Waals surface area (Å²) in [5, 5.41) is 4.37. The maximum atomic E-state index is 11.6. The fourth-order valence-electron chi connectivity index (χ4n) is 3.33. The van der Waals surface area contributed by atoms with Crippen molar-refractivity contribution in [1.29, 1.82) is 0 Å². The number of ketones is 1. The van der Waals surface area contributed by atoms with E-state index >= 15 is 0 Å². The van der Waals surface area contributed by atoms with Crippen LogP contribution in [-0.4, -0.2) is 25.1 Å². The number of rotatable bonds is 6. The van der Waals surface area contributed by atoms with Gasteiger partial charge < -0.3 is 4.57 Å². The lowest BCUT2D eigenvalue weighted by molar-refractivity contribution is 0.101.